The van der Waals surface area contributed by atoms with Crippen molar-refractivity contribution in [2.24, 2.45) is 0 Å². The van der Waals surface area contributed by atoms with Crippen molar-refractivity contribution in [2.75, 3.05) is 0 Å². The van der Waals surface area contributed by atoms with E-state index in [9.17, 15) is 0 Å². The van der Waals surface area contributed by atoms with Crippen LogP contribution >= 0.6 is 0 Å². The first-order valence-corrected chi connectivity index (χ1v) is 21.7. The molecule has 0 amide bonds. The van der Waals surface area contributed by atoms with Crippen LogP contribution in [0, 0.1) is 0 Å². The second-order valence-electron chi connectivity index (χ2n) is 14.9. The predicted octanol–water partition coefficient (Wildman–Crippen LogP) is 10.9. The number of nitrogens with zero attached hydrogens (tertiary/aromatic N) is 2. The maximum Gasteiger partial charge on any atom is 0.179 e. The van der Waals surface area contributed by atoms with E-state index in [2.05, 4.69) is 240 Å². The van der Waals surface area contributed by atoms with Crippen molar-refractivity contribution in [3.63, 3.8) is 0 Å². The van der Waals surface area contributed by atoms with Gasteiger partial charge in [-0.1, -0.05) is 188 Å². The molecule has 9 aromatic carbocycles. The first-order valence-electron chi connectivity index (χ1n) is 19.7. The largest absolute Gasteiger partial charge is 0.309 e. The zero-order valence-electron chi connectivity index (χ0n) is 31.3. The van der Waals surface area contributed by atoms with Crippen LogP contribution in [0.4, 0.5) is 0 Å². The molecule has 0 radical (unpaired) electrons. The molecule has 0 N–H and O–H groups in total. The van der Waals surface area contributed by atoms with E-state index in [4.69, 9.17) is 0 Å². The Morgan fingerprint density at radius 3 is 1.30 bits per heavy atom. The average Bonchev–Trinajstić information content (AvgIpc) is 3.80. The molecular formula is C54H38N2Si. The molecule has 2 nitrogen and oxygen atoms in total. The molecule has 2 aromatic heterocycles. The summed E-state index contributed by atoms with van der Waals surface area (Å²) < 4.78 is 4.98. The number of rotatable bonds is 7. The Labute approximate surface area is 333 Å². The second-order valence-corrected chi connectivity index (χ2v) is 18.7. The van der Waals surface area contributed by atoms with Crippen molar-refractivity contribution in [1.29, 1.82) is 0 Å². The lowest BCUT2D eigenvalue weighted by Crippen LogP contribution is -2.74. The summed E-state index contributed by atoms with van der Waals surface area (Å²) in [5.41, 5.74) is 9.46. The van der Waals surface area contributed by atoms with Crippen molar-refractivity contribution in [1.82, 2.24) is 9.13 Å². The van der Waals surface area contributed by atoms with E-state index < -0.39 is 8.07 Å². The molecule has 3 heteroatoms. The van der Waals surface area contributed by atoms with E-state index >= 15 is 0 Å². The van der Waals surface area contributed by atoms with Crippen molar-refractivity contribution < 1.29 is 0 Å². The lowest BCUT2D eigenvalue weighted by molar-refractivity contribution is 1.16. The molecule has 2 heterocycles. The van der Waals surface area contributed by atoms with Crippen LogP contribution in [-0.4, -0.2) is 17.2 Å². The molecule has 11 aromatic rings. The van der Waals surface area contributed by atoms with E-state index in [0.29, 0.717) is 0 Å². The molecule has 0 bridgehead atoms. The molecule has 0 aliphatic heterocycles. The number of benzene rings is 9. The minimum Gasteiger partial charge on any atom is -0.309 e. The Bertz CT molecular complexity index is 3110. The molecule has 0 aliphatic rings. The van der Waals surface area contributed by atoms with Crippen molar-refractivity contribution in [3.05, 3.63) is 231 Å². The number of hydrogen-bond acceptors (Lipinski definition) is 0. The average molecular weight is 743 g/mol. The smallest absolute Gasteiger partial charge is 0.179 e. The van der Waals surface area contributed by atoms with Gasteiger partial charge in [-0.05, 0) is 68.8 Å². The molecule has 0 saturated carbocycles. The van der Waals surface area contributed by atoms with Gasteiger partial charge >= 0.3 is 0 Å². The van der Waals surface area contributed by atoms with Crippen molar-refractivity contribution in [2.45, 2.75) is 0 Å². The standard InChI is InChI=1S/C54H38N2Si/c1-6-20-39(21-7-1)48-37-49-46-31-17-18-32-50(46)55(40-22-8-2-9-23-40)54(49)38-53(48)56-51-33-19-16-30-45(51)47-35-34-44(36-52(47)56)57(41-24-10-3-11-25-41,42-26-12-4-13-27-42)43-28-14-5-15-29-43/h1-38H. The van der Waals surface area contributed by atoms with Gasteiger partial charge in [0.05, 0.1) is 27.8 Å². The lowest BCUT2D eigenvalue weighted by Gasteiger charge is -2.34. The Kier molecular flexibility index (Phi) is 7.87. The van der Waals surface area contributed by atoms with Gasteiger partial charge in [0.1, 0.15) is 0 Å². The van der Waals surface area contributed by atoms with E-state index in [-0.39, 0.29) is 0 Å². The van der Waals surface area contributed by atoms with Crippen LogP contribution in [0.25, 0.3) is 66.1 Å². The molecule has 57 heavy (non-hydrogen) atoms. The second kappa shape index (κ2) is 13.5. The summed E-state index contributed by atoms with van der Waals surface area (Å²) >= 11 is 0. The van der Waals surface area contributed by atoms with E-state index in [1.165, 1.54) is 75.5 Å². The SMILES string of the molecule is c1ccc(-c2cc3c4ccccc4n(-c4ccccc4)c3cc2-n2c3ccccc3c3ccc([Si](c4ccccc4)(c4ccccc4)c4ccccc4)cc32)cc1. The predicted molar refractivity (Wildman–Crippen MR) is 244 cm³/mol. The third-order valence-corrected chi connectivity index (χ3v) is 16.6. The van der Waals surface area contributed by atoms with E-state index in [1.807, 2.05) is 0 Å². The van der Waals surface area contributed by atoms with Crippen molar-refractivity contribution >= 4 is 72.4 Å². The molecule has 0 aliphatic carbocycles. The van der Waals surface area contributed by atoms with E-state index in [1.54, 1.807) is 0 Å². The number of para-hydroxylation sites is 3. The Balaban J connectivity index is 1.30. The summed E-state index contributed by atoms with van der Waals surface area (Å²) in [5.74, 6) is 0. The third-order valence-electron chi connectivity index (χ3n) is 11.9. The molecule has 11 rings (SSSR count). The minimum atomic E-state index is -2.80. The highest BCUT2D eigenvalue weighted by Gasteiger charge is 2.41. The summed E-state index contributed by atoms with van der Waals surface area (Å²) in [5, 5.41) is 10.4. The van der Waals surface area contributed by atoms with Crippen LogP contribution < -0.4 is 20.7 Å². The number of hydrogen-bond donors (Lipinski definition) is 0. The maximum absolute atomic E-state index is 2.80. The lowest BCUT2D eigenvalue weighted by atomic mass is 10.00. The zero-order valence-corrected chi connectivity index (χ0v) is 32.3. The van der Waals surface area contributed by atoms with Crippen LogP contribution in [0.3, 0.4) is 0 Å². The minimum absolute atomic E-state index is 1.15. The fourth-order valence-electron chi connectivity index (χ4n) is 9.42. The monoisotopic (exact) mass is 742 g/mol. The molecule has 0 fully saturated rings. The topological polar surface area (TPSA) is 9.86 Å². The van der Waals surface area contributed by atoms with Gasteiger partial charge in [-0.25, -0.2) is 0 Å². The first-order chi connectivity index (χ1) is 28.3. The van der Waals surface area contributed by atoms with Gasteiger partial charge < -0.3 is 9.13 Å². The van der Waals surface area contributed by atoms with Gasteiger partial charge in [0.25, 0.3) is 0 Å². The Morgan fingerprint density at radius 2 is 0.719 bits per heavy atom. The highest BCUT2D eigenvalue weighted by atomic mass is 28.3. The van der Waals surface area contributed by atoms with Crippen molar-refractivity contribution in [3.8, 4) is 22.5 Å². The Morgan fingerprint density at radius 1 is 0.281 bits per heavy atom. The number of aromatic nitrogens is 2. The Hall–Kier alpha value is -7.20. The molecule has 0 spiro atoms. The van der Waals surface area contributed by atoms with Gasteiger partial charge in [-0.15, -0.1) is 0 Å². The van der Waals surface area contributed by atoms with Gasteiger partial charge in [-0.3, -0.25) is 0 Å². The van der Waals surface area contributed by atoms with E-state index in [0.717, 1.165) is 11.4 Å². The van der Waals surface area contributed by atoms with Crippen LogP contribution in [0.5, 0.6) is 0 Å². The van der Waals surface area contributed by atoms with Crippen LogP contribution in [0.1, 0.15) is 0 Å². The van der Waals surface area contributed by atoms with Crippen LogP contribution in [0.2, 0.25) is 0 Å². The molecule has 0 saturated heterocycles. The quantitative estimate of drug-likeness (QED) is 0.114. The fourth-order valence-corrected chi connectivity index (χ4v) is 14.2. The van der Waals surface area contributed by atoms with Gasteiger partial charge in [0.2, 0.25) is 0 Å². The normalized spacial score (nSPS) is 11.9. The molecule has 268 valence electrons. The molecule has 0 atom stereocenters. The van der Waals surface area contributed by atoms with Gasteiger partial charge in [0.15, 0.2) is 8.07 Å². The molecular weight excluding hydrogens is 705 g/mol. The highest BCUT2D eigenvalue weighted by Crippen LogP contribution is 2.41. The van der Waals surface area contributed by atoms with Crippen LogP contribution in [0.15, 0.2) is 231 Å². The molecule has 0 unspecified atom stereocenters. The third kappa shape index (κ3) is 5.17. The summed E-state index contributed by atoms with van der Waals surface area (Å²) in [7, 11) is -2.80. The summed E-state index contributed by atoms with van der Waals surface area (Å²) in [4.78, 5) is 0. The maximum atomic E-state index is 2.54. The van der Waals surface area contributed by atoms with Crippen LogP contribution in [-0.2, 0) is 0 Å². The summed E-state index contributed by atoms with van der Waals surface area (Å²) in [6, 6.07) is 85.3. The highest BCUT2D eigenvalue weighted by molar-refractivity contribution is 7.20. The first kappa shape index (κ1) is 33.2. The zero-order chi connectivity index (χ0) is 37.8. The summed E-state index contributed by atoms with van der Waals surface area (Å²) in [6.45, 7) is 0. The summed E-state index contributed by atoms with van der Waals surface area (Å²) in [6.07, 6.45) is 0. The van der Waals surface area contributed by atoms with Gasteiger partial charge in [0, 0.05) is 32.8 Å². The number of fused-ring (bicyclic) bond motifs is 6. The fraction of sp³-hybridized carbons (Fsp3) is 0. The van der Waals surface area contributed by atoms with Gasteiger partial charge in [-0.2, -0.15) is 0 Å².